The van der Waals surface area contributed by atoms with Gasteiger partial charge in [-0.15, -0.1) is 13.2 Å². The van der Waals surface area contributed by atoms with E-state index in [-0.39, 0.29) is 62.4 Å². The lowest BCUT2D eigenvalue weighted by atomic mass is 9.66. The van der Waals surface area contributed by atoms with Gasteiger partial charge in [0.25, 0.3) is 0 Å². The number of alkyl halides is 5. The van der Waals surface area contributed by atoms with Crippen LogP contribution in [0.4, 0.5) is 22.0 Å². The largest absolute Gasteiger partial charge is 0.522 e. The third-order valence-electron chi connectivity index (χ3n) is 8.87. The van der Waals surface area contributed by atoms with Crippen LogP contribution in [0.1, 0.15) is 90.4 Å². The normalized spacial score (nSPS) is 32.0. The third kappa shape index (κ3) is 11.1. The van der Waals surface area contributed by atoms with E-state index >= 15 is 0 Å². The lowest BCUT2D eigenvalue weighted by molar-refractivity contribution is -0.358. The Balaban J connectivity index is 1.27. The predicted octanol–water partition coefficient (Wildman–Crippen LogP) is 6.72. The molecule has 0 spiro atoms. The Morgan fingerprint density at radius 3 is 1.74 bits per heavy atom. The van der Waals surface area contributed by atoms with Gasteiger partial charge in [0.2, 0.25) is 0 Å². The fraction of sp³-hybridized carbons (Fsp3) is 0.833. The molecule has 3 aliphatic rings. The van der Waals surface area contributed by atoms with E-state index in [0.717, 1.165) is 51.4 Å². The molecule has 0 N–H and O–H groups in total. The van der Waals surface area contributed by atoms with Crippen molar-refractivity contribution in [3.05, 3.63) is 12.2 Å². The van der Waals surface area contributed by atoms with Gasteiger partial charge < -0.3 is 14.2 Å². The molecule has 0 radical (unpaired) electrons. The lowest BCUT2D eigenvalue weighted by Crippen LogP contribution is -2.46. The quantitative estimate of drug-likeness (QED) is 0.0797. The number of carbonyl (C=O) groups is 3. The van der Waals surface area contributed by atoms with E-state index in [9.17, 15) is 36.3 Å². The SMILES string of the molecule is C=C(C)C(=O)OCCCOC(=O)CCC(=O)OC1CCC(C2CCC(C3CC(F)C(OC(F)(F)F)C(F)C3)CC2)CC1. The number of ether oxygens (including phenoxy) is 4. The molecule has 7 nitrogen and oxygen atoms in total. The van der Waals surface area contributed by atoms with Crippen LogP contribution in [0.25, 0.3) is 0 Å². The number of hydrogen-bond acceptors (Lipinski definition) is 7. The molecule has 240 valence electrons. The number of carbonyl (C=O) groups excluding carboxylic acids is 3. The minimum Gasteiger partial charge on any atom is -0.466 e. The monoisotopic (exact) mass is 610 g/mol. The zero-order valence-electron chi connectivity index (χ0n) is 24.2. The topological polar surface area (TPSA) is 88.1 Å². The maximum atomic E-state index is 14.4. The van der Waals surface area contributed by atoms with Crippen molar-refractivity contribution in [2.75, 3.05) is 13.2 Å². The highest BCUT2D eigenvalue weighted by molar-refractivity contribution is 5.86. The summed E-state index contributed by atoms with van der Waals surface area (Å²) in [6.45, 7) is 5.19. The van der Waals surface area contributed by atoms with Crippen LogP contribution in [0.5, 0.6) is 0 Å². The Kier molecular flexibility index (Phi) is 13.1. The van der Waals surface area contributed by atoms with E-state index < -0.39 is 42.7 Å². The molecule has 3 saturated carbocycles. The smallest absolute Gasteiger partial charge is 0.466 e. The Morgan fingerprint density at radius 2 is 1.21 bits per heavy atom. The number of hydrogen-bond donors (Lipinski definition) is 0. The van der Waals surface area contributed by atoms with Crippen molar-refractivity contribution in [3.63, 3.8) is 0 Å². The Labute approximate surface area is 243 Å². The Bertz CT molecular complexity index is 898. The lowest BCUT2D eigenvalue weighted by Gasteiger charge is -2.42. The van der Waals surface area contributed by atoms with Gasteiger partial charge in [0.05, 0.1) is 26.1 Å². The van der Waals surface area contributed by atoms with Crippen LogP contribution in [-0.4, -0.2) is 62.0 Å². The summed E-state index contributed by atoms with van der Waals surface area (Å²) in [5, 5.41) is 0. The van der Waals surface area contributed by atoms with Crippen LogP contribution in [0.15, 0.2) is 12.2 Å². The van der Waals surface area contributed by atoms with Crippen molar-refractivity contribution in [1.29, 1.82) is 0 Å². The van der Waals surface area contributed by atoms with E-state index in [1.807, 2.05) is 0 Å². The Hall–Kier alpha value is -2.24. The van der Waals surface area contributed by atoms with Crippen LogP contribution in [0.3, 0.4) is 0 Å². The standard InChI is InChI=1S/C30H43F5O7/c1-18(2)29(38)40-15-3-14-39-26(36)12-13-27(37)41-23-10-8-20(9-11-23)19-4-6-21(7-5-19)22-16-24(31)28(25(32)17-22)42-30(33,34)35/h19-25,28H,1,3-17H2,2H3. The summed E-state index contributed by atoms with van der Waals surface area (Å²) in [6, 6.07) is 0. The molecule has 0 amide bonds. The fourth-order valence-electron chi connectivity index (χ4n) is 6.68. The van der Waals surface area contributed by atoms with Gasteiger partial charge in [-0.2, -0.15) is 0 Å². The van der Waals surface area contributed by atoms with Gasteiger partial charge in [-0.1, -0.05) is 6.58 Å². The molecular weight excluding hydrogens is 567 g/mol. The van der Waals surface area contributed by atoms with Gasteiger partial charge in [-0.25, -0.2) is 13.6 Å². The minimum absolute atomic E-state index is 0.0723. The van der Waals surface area contributed by atoms with Crippen molar-refractivity contribution < 1.29 is 55.3 Å². The van der Waals surface area contributed by atoms with Gasteiger partial charge >= 0.3 is 24.3 Å². The predicted molar refractivity (Wildman–Crippen MR) is 141 cm³/mol. The first-order valence-electron chi connectivity index (χ1n) is 15.0. The van der Waals surface area contributed by atoms with Gasteiger partial charge in [-0.3, -0.25) is 14.3 Å². The maximum Gasteiger partial charge on any atom is 0.522 e. The van der Waals surface area contributed by atoms with Crippen LogP contribution < -0.4 is 0 Å². The average Bonchev–Trinajstić information content (AvgIpc) is 2.93. The molecule has 12 heteroatoms. The van der Waals surface area contributed by atoms with Crippen molar-refractivity contribution >= 4 is 17.9 Å². The van der Waals surface area contributed by atoms with E-state index in [2.05, 4.69) is 11.3 Å². The van der Waals surface area contributed by atoms with Crippen LogP contribution in [-0.2, 0) is 33.3 Å². The van der Waals surface area contributed by atoms with Gasteiger partial charge in [0.15, 0.2) is 0 Å². The average molecular weight is 611 g/mol. The molecule has 0 saturated heterocycles. The van der Waals surface area contributed by atoms with Crippen LogP contribution in [0, 0.1) is 23.7 Å². The highest BCUT2D eigenvalue weighted by Crippen LogP contribution is 2.46. The zero-order valence-corrected chi connectivity index (χ0v) is 24.2. The molecule has 3 aliphatic carbocycles. The summed E-state index contributed by atoms with van der Waals surface area (Å²) in [4.78, 5) is 35.3. The highest BCUT2D eigenvalue weighted by atomic mass is 19.4. The molecule has 42 heavy (non-hydrogen) atoms. The van der Waals surface area contributed by atoms with Crippen molar-refractivity contribution in [3.8, 4) is 0 Å². The molecular formula is C30H43F5O7. The first kappa shape index (κ1) is 34.3. The first-order chi connectivity index (χ1) is 19.8. The highest BCUT2D eigenvalue weighted by Gasteiger charge is 2.47. The maximum absolute atomic E-state index is 14.4. The van der Waals surface area contributed by atoms with E-state index in [4.69, 9.17) is 14.2 Å². The van der Waals surface area contributed by atoms with Gasteiger partial charge in [0.1, 0.15) is 24.6 Å². The van der Waals surface area contributed by atoms with Crippen LogP contribution in [0.2, 0.25) is 0 Å². The summed E-state index contributed by atoms with van der Waals surface area (Å²) >= 11 is 0. The molecule has 3 rings (SSSR count). The molecule has 0 aromatic carbocycles. The van der Waals surface area contributed by atoms with Gasteiger partial charge in [0, 0.05) is 12.0 Å². The molecule has 3 fully saturated rings. The van der Waals surface area contributed by atoms with Gasteiger partial charge in [-0.05, 0) is 94.8 Å². The number of halogens is 5. The van der Waals surface area contributed by atoms with Crippen molar-refractivity contribution in [2.45, 2.75) is 121 Å². The summed E-state index contributed by atoms with van der Waals surface area (Å²) in [7, 11) is 0. The molecule has 0 aliphatic heterocycles. The zero-order chi connectivity index (χ0) is 30.9. The molecule has 0 aromatic heterocycles. The van der Waals surface area contributed by atoms with E-state index in [1.54, 1.807) is 0 Å². The summed E-state index contributed by atoms with van der Waals surface area (Å²) in [5.41, 5.74) is 0.289. The van der Waals surface area contributed by atoms with Crippen molar-refractivity contribution in [1.82, 2.24) is 0 Å². The molecule has 0 heterocycles. The summed E-state index contributed by atoms with van der Waals surface area (Å²) in [6.07, 6.45) is -4.52. The summed E-state index contributed by atoms with van der Waals surface area (Å²) in [5.74, 6) is -0.690. The Morgan fingerprint density at radius 1 is 0.738 bits per heavy atom. The van der Waals surface area contributed by atoms with E-state index in [1.165, 1.54) is 6.92 Å². The van der Waals surface area contributed by atoms with E-state index in [0.29, 0.717) is 18.3 Å². The minimum atomic E-state index is -5.05. The fourth-order valence-corrected chi connectivity index (χ4v) is 6.68. The molecule has 2 unspecified atom stereocenters. The molecule has 0 bridgehead atoms. The second-order valence-electron chi connectivity index (χ2n) is 12.0. The second-order valence-corrected chi connectivity index (χ2v) is 12.0. The first-order valence-corrected chi connectivity index (χ1v) is 15.0. The number of rotatable bonds is 12. The molecule has 0 aromatic rings. The van der Waals surface area contributed by atoms with Crippen LogP contribution >= 0.6 is 0 Å². The summed E-state index contributed by atoms with van der Waals surface area (Å²) < 4.78 is 85.5. The number of esters is 3. The third-order valence-corrected chi connectivity index (χ3v) is 8.87. The van der Waals surface area contributed by atoms with Crippen molar-refractivity contribution in [2.24, 2.45) is 23.7 Å². The second kappa shape index (κ2) is 16.0. The molecule has 2 atom stereocenters.